The van der Waals surface area contributed by atoms with Crippen molar-refractivity contribution in [2.75, 3.05) is 5.73 Å². The summed E-state index contributed by atoms with van der Waals surface area (Å²) in [4.78, 5) is 7.13. The number of nitrogens with two attached hydrogens (primary N) is 1. The summed E-state index contributed by atoms with van der Waals surface area (Å²) in [5, 5.41) is 18.8. The van der Waals surface area contributed by atoms with E-state index in [9.17, 15) is 10.2 Å². The van der Waals surface area contributed by atoms with Crippen LogP contribution in [0.25, 0.3) is 0 Å². The van der Waals surface area contributed by atoms with Crippen LogP contribution in [0.3, 0.4) is 0 Å². The maximum Gasteiger partial charge on any atom is 0.226 e. The molecule has 1 heterocycles. The zero-order chi connectivity index (χ0) is 10.2. The molecule has 0 spiro atoms. The van der Waals surface area contributed by atoms with Crippen LogP contribution >= 0.6 is 0 Å². The standard InChI is InChI=1S/C8H13N3O2/c1-8(2,3)4-5(12)10-7(9)11-6(4)13/h1-3H3,(H4,9,10,11,12,13). The maximum atomic E-state index is 9.42. The quantitative estimate of drug-likeness (QED) is 0.552. The van der Waals surface area contributed by atoms with Gasteiger partial charge >= 0.3 is 0 Å². The Kier molecular flexibility index (Phi) is 2.03. The smallest absolute Gasteiger partial charge is 0.226 e. The van der Waals surface area contributed by atoms with Gasteiger partial charge in [0.15, 0.2) is 0 Å². The van der Waals surface area contributed by atoms with Gasteiger partial charge in [-0.25, -0.2) is 0 Å². The van der Waals surface area contributed by atoms with Crippen molar-refractivity contribution >= 4 is 5.95 Å². The first-order valence-electron chi connectivity index (χ1n) is 3.88. The highest BCUT2D eigenvalue weighted by Gasteiger charge is 2.24. The van der Waals surface area contributed by atoms with E-state index in [1.165, 1.54) is 0 Å². The maximum absolute atomic E-state index is 9.42. The average Bonchev–Trinajstić information content (AvgIpc) is 1.78. The number of rotatable bonds is 0. The molecule has 4 N–H and O–H groups in total. The van der Waals surface area contributed by atoms with E-state index in [1.807, 2.05) is 20.8 Å². The molecule has 0 bridgehead atoms. The van der Waals surface area contributed by atoms with E-state index in [-0.39, 0.29) is 17.7 Å². The minimum atomic E-state index is -0.415. The Bertz CT molecular complexity index is 308. The average molecular weight is 183 g/mol. The van der Waals surface area contributed by atoms with Gasteiger partial charge in [-0.15, -0.1) is 0 Å². The van der Waals surface area contributed by atoms with Gasteiger partial charge in [-0.2, -0.15) is 9.97 Å². The Balaban J connectivity index is 3.38. The molecule has 0 radical (unpaired) electrons. The van der Waals surface area contributed by atoms with Crippen molar-refractivity contribution in [2.45, 2.75) is 26.2 Å². The van der Waals surface area contributed by atoms with Crippen molar-refractivity contribution in [3.05, 3.63) is 5.56 Å². The van der Waals surface area contributed by atoms with Crippen molar-refractivity contribution < 1.29 is 10.2 Å². The Morgan fingerprint density at radius 1 is 1.08 bits per heavy atom. The number of hydrogen-bond acceptors (Lipinski definition) is 5. The second-order valence-corrected chi connectivity index (χ2v) is 3.85. The molecule has 0 unspecified atom stereocenters. The van der Waals surface area contributed by atoms with Crippen LogP contribution in [0, 0.1) is 0 Å². The number of nitrogen functional groups attached to an aromatic ring is 1. The van der Waals surface area contributed by atoms with E-state index < -0.39 is 5.41 Å². The van der Waals surface area contributed by atoms with Crippen LogP contribution < -0.4 is 5.73 Å². The molecule has 0 atom stereocenters. The molecule has 5 nitrogen and oxygen atoms in total. The van der Waals surface area contributed by atoms with E-state index in [0.29, 0.717) is 5.56 Å². The van der Waals surface area contributed by atoms with E-state index in [1.54, 1.807) is 0 Å². The molecule has 0 aliphatic heterocycles. The summed E-state index contributed by atoms with van der Waals surface area (Å²) in [5.41, 5.74) is 5.12. The number of hydrogen-bond donors (Lipinski definition) is 3. The second kappa shape index (κ2) is 2.76. The van der Waals surface area contributed by atoms with Gasteiger partial charge in [0.05, 0.1) is 5.56 Å². The number of anilines is 1. The first kappa shape index (κ1) is 9.57. The molecular formula is C8H13N3O2. The second-order valence-electron chi connectivity index (χ2n) is 3.85. The van der Waals surface area contributed by atoms with E-state index >= 15 is 0 Å². The van der Waals surface area contributed by atoms with E-state index in [2.05, 4.69) is 9.97 Å². The molecular weight excluding hydrogens is 170 g/mol. The predicted molar refractivity (Wildman–Crippen MR) is 48.5 cm³/mol. The summed E-state index contributed by atoms with van der Waals surface area (Å²) in [7, 11) is 0. The molecule has 1 rings (SSSR count). The van der Waals surface area contributed by atoms with Gasteiger partial charge in [-0.1, -0.05) is 20.8 Å². The summed E-state index contributed by atoms with van der Waals surface area (Å²) in [6, 6.07) is 0. The number of aromatic nitrogens is 2. The summed E-state index contributed by atoms with van der Waals surface area (Å²) in [6.45, 7) is 5.50. The lowest BCUT2D eigenvalue weighted by molar-refractivity contribution is 0.385. The van der Waals surface area contributed by atoms with Crippen molar-refractivity contribution in [3.63, 3.8) is 0 Å². The molecule has 1 aromatic heterocycles. The highest BCUT2D eigenvalue weighted by molar-refractivity contribution is 5.42. The SMILES string of the molecule is CC(C)(C)c1c(O)nc(N)nc1O. The van der Waals surface area contributed by atoms with Crippen LogP contribution in [0.1, 0.15) is 26.3 Å². The zero-order valence-corrected chi connectivity index (χ0v) is 7.87. The molecule has 1 aromatic rings. The van der Waals surface area contributed by atoms with Crippen LogP contribution in [0.4, 0.5) is 5.95 Å². The van der Waals surface area contributed by atoms with Gasteiger partial charge in [0, 0.05) is 0 Å². The van der Waals surface area contributed by atoms with E-state index in [0.717, 1.165) is 0 Å². The van der Waals surface area contributed by atoms with Crippen LogP contribution in [0.5, 0.6) is 11.8 Å². The molecule has 5 heteroatoms. The van der Waals surface area contributed by atoms with Crippen LogP contribution in [-0.4, -0.2) is 20.2 Å². The number of aromatic hydroxyl groups is 2. The third-order valence-corrected chi connectivity index (χ3v) is 1.64. The normalized spacial score (nSPS) is 11.6. The lowest BCUT2D eigenvalue weighted by Gasteiger charge is -2.19. The van der Waals surface area contributed by atoms with Crippen molar-refractivity contribution in [1.29, 1.82) is 0 Å². The topological polar surface area (TPSA) is 92.3 Å². The monoisotopic (exact) mass is 183 g/mol. The molecule has 0 aromatic carbocycles. The van der Waals surface area contributed by atoms with Crippen molar-refractivity contribution in [1.82, 2.24) is 9.97 Å². The third kappa shape index (κ3) is 1.80. The molecule has 13 heavy (non-hydrogen) atoms. The minimum Gasteiger partial charge on any atom is -0.493 e. The fourth-order valence-corrected chi connectivity index (χ4v) is 1.12. The first-order chi connectivity index (χ1) is 5.82. The lowest BCUT2D eigenvalue weighted by Crippen LogP contribution is -2.14. The van der Waals surface area contributed by atoms with Gasteiger partial charge in [-0.05, 0) is 5.41 Å². The fraction of sp³-hybridized carbons (Fsp3) is 0.500. The number of nitrogens with zero attached hydrogens (tertiary/aromatic N) is 2. The first-order valence-corrected chi connectivity index (χ1v) is 3.88. The predicted octanol–water partition coefficient (Wildman–Crippen LogP) is 0.767. The van der Waals surface area contributed by atoms with Crippen LogP contribution in [0.2, 0.25) is 0 Å². The van der Waals surface area contributed by atoms with Gasteiger partial charge < -0.3 is 15.9 Å². The summed E-state index contributed by atoms with van der Waals surface area (Å²) < 4.78 is 0. The Labute approximate surface area is 76.3 Å². The molecule has 0 aliphatic rings. The third-order valence-electron chi connectivity index (χ3n) is 1.64. The van der Waals surface area contributed by atoms with E-state index in [4.69, 9.17) is 5.73 Å². The molecule has 72 valence electrons. The van der Waals surface area contributed by atoms with Gasteiger partial charge in [0.2, 0.25) is 17.7 Å². The van der Waals surface area contributed by atoms with Gasteiger partial charge in [0.1, 0.15) is 0 Å². The highest BCUT2D eigenvalue weighted by Crippen LogP contribution is 2.35. The molecule has 0 amide bonds. The Morgan fingerprint density at radius 3 is 1.77 bits per heavy atom. The van der Waals surface area contributed by atoms with Crippen LogP contribution in [-0.2, 0) is 5.41 Å². The largest absolute Gasteiger partial charge is 0.493 e. The molecule has 0 saturated carbocycles. The molecule has 0 fully saturated rings. The Hall–Kier alpha value is -1.52. The van der Waals surface area contributed by atoms with Gasteiger partial charge in [0.25, 0.3) is 0 Å². The highest BCUT2D eigenvalue weighted by atomic mass is 16.3. The molecule has 0 aliphatic carbocycles. The molecule has 0 saturated heterocycles. The van der Waals surface area contributed by atoms with Crippen molar-refractivity contribution in [3.8, 4) is 11.8 Å². The Morgan fingerprint density at radius 2 is 1.46 bits per heavy atom. The summed E-state index contributed by atoms with van der Waals surface area (Å²) >= 11 is 0. The summed E-state index contributed by atoms with van der Waals surface area (Å²) in [6.07, 6.45) is 0. The van der Waals surface area contributed by atoms with Crippen LogP contribution in [0.15, 0.2) is 0 Å². The fourth-order valence-electron chi connectivity index (χ4n) is 1.12. The van der Waals surface area contributed by atoms with Gasteiger partial charge in [-0.3, -0.25) is 0 Å². The zero-order valence-electron chi connectivity index (χ0n) is 7.87. The van der Waals surface area contributed by atoms with Crippen molar-refractivity contribution in [2.24, 2.45) is 0 Å². The minimum absolute atomic E-state index is 0.136. The lowest BCUT2D eigenvalue weighted by atomic mass is 9.88. The summed E-state index contributed by atoms with van der Waals surface area (Å²) in [5.74, 6) is -0.669.